The summed E-state index contributed by atoms with van der Waals surface area (Å²) in [6, 6.07) is 0. The van der Waals surface area contributed by atoms with E-state index in [2.05, 4.69) is 32.9 Å². The number of nitrogens with two attached hydrogens (primary N) is 1. The van der Waals surface area contributed by atoms with Gasteiger partial charge >= 0.3 is 0 Å². The maximum absolute atomic E-state index is 5.74. The van der Waals surface area contributed by atoms with Crippen molar-refractivity contribution in [2.24, 2.45) is 17.6 Å². The van der Waals surface area contributed by atoms with Gasteiger partial charge in [-0.05, 0) is 24.3 Å². The van der Waals surface area contributed by atoms with Gasteiger partial charge in [-0.15, -0.1) is 0 Å². The van der Waals surface area contributed by atoms with Crippen LogP contribution >= 0.6 is 0 Å². The lowest BCUT2D eigenvalue weighted by Crippen LogP contribution is -2.09. The van der Waals surface area contributed by atoms with Crippen LogP contribution in [0, 0.1) is 11.8 Å². The molecule has 0 aliphatic heterocycles. The highest BCUT2D eigenvalue weighted by molar-refractivity contribution is 5.27. The van der Waals surface area contributed by atoms with E-state index in [4.69, 9.17) is 5.73 Å². The van der Waals surface area contributed by atoms with Crippen LogP contribution in [-0.4, -0.2) is 0 Å². The molecular weight excluding hydrogens is 134 g/mol. The zero-order valence-electron chi connectivity index (χ0n) is 7.59. The van der Waals surface area contributed by atoms with Crippen LogP contribution in [0.2, 0.25) is 0 Å². The van der Waals surface area contributed by atoms with Gasteiger partial charge in [0.1, 0.15) is 0 Å². The van der Waals surface area contributed by atoms with Gasteiger partial charge in [-0.1, -0.05) is 32.4 Å². The summed E-state index contributed by atoms with van der Waals surface area (Å²) in [7, 11) is 0. The highest BCUT2D eigenvalue weighted by Gasteiger charge is 2.11. The first kappa shape index (κ1) is 8.38. The summed E-state index contributed by atoms with van der Waals surface area (Å²) in [6.07, 6.45) is 5.43. The molecule has 0 fully saturated rings. The minimum atomic E-state index is 0.623. The van der Waals surface area contributed by atoms with Crippen LogP contribution in [0.15, 0.2) is 23.4 Å². The molecular formula is C10H17N. The lowest BCUT2D eigenvalue weighted by molar-refractivity contribution is 0.617. The first-order valence-electron chi connectivity index (χ1n) is 4.27. The molecule has 11 heavy (non-hydrogen) atoms. The van der Waals surface area contributed by atoms with Gasteiger partial charge in [0.2, 0.25) is 0 Å². The molecule has 1 unspecified atom stereocenters. The molecule has 1 aliphatic carbocycles. The molecule has 1 nitrogen and oxygen atoms in total. The average molecular weight is 151 g/mol. The topological polar surface area (TPSA) is 26.0 Å². The predicted molar refractivity (Wildman–Crippen MR) is 49.0 cm³/mol. The Balaban J connectivity index is 2.76. The van der Waals surface area contributed by atoms with Crippen molar-refractivity contribution in [3.8, 4) is 0 Å². The predicted octanol–water partition coefficient (Wildman–Crippen LogP) is 2.45. The third kappa shape index (κ3) is 2.11. The van der Waals surface area contributed by atoms with Crippen molar-refractivity contribution < 1.29 is 0 Å². The van der Waals surface area contributed by atoms with Crippen molar-refractivity contribution in [3.05, 3.63) is 23.4 Å². The standard InChI is InChI=1S/C10H17N/c1-7(2)9-4-8(3)5-10(11)6-9/h5-8H,4,11H2,1-3H3. The Kier molecular flexibility index (Phi) is 2.38. The van der Waals surface area contributed by atoms with Crippen LogP contribution in [0.5, 0.6) is 0 Å². The smallest absolute Gasteiger partial charge is 0.0275 e. The van der Waals surface area contributed by atoms with E-state index in [-0.39, 0.29) is 0 Å². The van der Waals surface area contributed by atoms with Crippen LogP contribution in [0.25, 0.3) is 0 Å². The van der Waals surface area contributed by atoms with E-state index < -0.39 is 0 Å². The van der Waals surface area contributed by atoms with Gasteiger partial charge in [0.15, 0.2) is 0 Å². The minimum absolute atomic E-state index is 0.623. The SMILES string of the molecule is CC1C=C(N)C=C(C(C)C)C1. The molecule has 1 heteroatoms. The van der Waals surface area contributed by atoms with Gasteiger partial charge in [-0.2, -0.15) is 0 Å². The summed E-state index contributed by atoms with van der Waals surface area (Å²) in [6.45, 7) is 6.65. The lowest BCUT2D eigenvalue weighted by Gasteiger charge is -2.19. The summed E-state index contributed by atoms with van der Waals surface area (Å²) in [4.78, 5) is 0. The molecule has 0 aromatic heterocycles. The normalized spacial score (nSPS) is 24.9. The van der Waals surface area contributed by atoms with Crippen LogP contribution in [0.1, 0.15) is 27.2 Å². The number of hydrogen-bond acceptors (Lipinski definition) is 1. The number of rotatable bonds is 1. The zero-order chi connectivity index (χ0) is 8.43. The fourth-order valence-corrected chi connectivity index (χ4v) is 1.48. The van der Waals surface area contributed by atoms with E-state index in [0.29, 0.717) is 11.8 Å². The molecule has 0 bridgehead atoms. The van der Waals surface area contributed by atoms with Crippen molar-refractivity contribution in [3.63, 3.8) is 0 Å². The zero-order valence-corrected chi connectivity index (χ0v) is 7.59. The molecule has 0 heterocycles. The molecule has 0 radical (unpaired) electrons. The van der Waals surface area contributed by atoms with E-state index in [1.807, 2.05) is 0 Å². The Hall–Kier alpha value is -0.720. The second-order valence-corrected chi connectivity index (χ2v) is 3.72. The highest BCUT2D eigenvalue weighted by atomic mass is 14.6. The van der Waals surface area contributed by atoms with E-state index >= 15 is 0 Å². The Morgan fingerprint density at radius 2 is 2.18 bits per heavy atom. The maximum Gasteiger partial charge on any atom is 0.0275 e. The van der Waals surface area contributed by atoms with E-state index in [9.17, 15) is 0 Å². The van der Waals surface area contributed by atoms with E-state index in [1.165, 1.54) is 12.0 Å². The Bertz CT molecular complexity index is 199. The van der Waals surface area contributed by atoms with Gasteiger partial charge in [0, 0.05) is 5.70 Å². The third-order valence-electron chi connectivity index (χ3n) is 2.13. The summed E-state index contributed by atoms with van der Waals surface area (Å²) in [5.41, 5.74) is 8.16. The van der Waals surface area contributed by atoms with Gasteiger partial charge in [-0.3, -0.25) is 0 Å². The fraction of sp³-hybridized carbons (Fsp3) is 0.600. The summed E-state index contributed by atoms with van der Waals surface area (Å²) in [5.74, 6) is 1.27. The number of allylic oxidation sites excluding steroid dienone is 3. The first-order chi connectivity index (χ1) is 5.09. The van der Waals surface area contributed by atoms with Gasteiger partial charge in [0.05, 0.1) is 0 Å². The second-order valence-electron chi connectivity index (χ2n) is 3.72. The molecule has 0 spiro atoms. The van der Waals surface area contributed by atoms with Crippen molar-refractivity contribution in [2.45, 2.75) is 27.2 Å². The molecule has 1 atom stereocenters. The molecule has 2 N–H and O–H groups in total. The van der Waals surface area contributed by atoms with Gasteiger partial charge in [-0.25, -0.2) is 0 Å². The van der Waals surface area contributed by atoms with Crippen molar-refractivity contribution in [2.75, 3.05) is 0 Å². The third-order valence-corrected chi connectivity index (χ3v) is 2.13. The number of hydrogen-bond donors (Lipinski definition) is 1. The summed E-state index contributed by atoms with van der Waals surface area (Å²) in [5, 5.41) is 0. The average Bonchev–Trinajstić information content (AvgIpc) is 1.85. The molecule has 1 rings (SSSR count). The van der Waals surface area contributed by atoms with Crippen molar-refractivity contribution >= 4 is 0 Å². The lowest BCUT2D eigenvalue weighted by atomic mass is 9.88. The molecule has 62 valence electrons. The fourth-order valence-electron chi connectivity index (χ4n) is 1.48. The van der Waals surface area contributed by atoms with Crippen LogP contribution in [-0.2, 0) is 0 Å². The minimum Gasteiger partial charge on any atom is -0.399 e. The first-order valence-corrected chi connectivity index (χ1v) is 4.27. The maximum atomic E-state index is 5.74. The van der Waals surface area contributed by atoms with Crippen LogP contribution in [0.3, 0.4) is 0 Å². The van der Waals surface area contributed by atoms with Gasteiger partial charge < -0.3 is 5.73 Å². The van der Waals surface area contributed by atoms with Gasteiger partial charge in [0.25, 0.3) is 0 Å². The van der Waals surface area contributed by atoms with Crippen LogP contribution in [0.4, 0.5) is 0 Å². The summed E-state index contributed by atoms with van der Waals surface area (Å²) >= 11 is 0. The van der Waals surface area contributed by atoms with Crippen molar-refractivity contribution in [1.29, 1.82) is 0 Å². The Morgan fingerprint density at radius 1 is 1.55 bits per heavy atom. The molecule has 0 aromatic carbocycles. The summed E-state index contributed by atoms with van der Waals surface area (Å²) < 4.78 is 0. The molecule has 0 saturated carbocycles. The molecule has 0 aromatic rings. The molecule has 0 saturated heterocycles. The highest BCUT2D eigenvalue weighted by Crippen LogP contribution is 2.25. The van der Waals surface area contributed by atoms with Crippen LogP contribution < -0.4 is 5.73 Å². The van der Waals surface area contributed by atoms with Crippen molar-refractivity contribution in [1.82, 2.24) is 0 Å². The van der Waals surface area contributed by atoms with E-state index in [1.54, 1.807) is 0 Å². The monoisotopic (exact) mass is 151 g/mol. The second kappa shape index (κ2) is 3.12. The molecule has 1 aliphatic rings. The quantitative estimate of drug-likeness (QED) is 0.612. The molecule has 0 amide bonds. The Morgan fingerprint density at radius 3 is 2.64 bits per heavy atom. The van der Waals surface area contributed by atoms with E-state index in [0.717, 1.165) is 5.70 Å². The largest absolute Gasteiger partial charge is 0.399 e. The Labute approximate surface area is 69.0 Å².